The molecule has 28 heavy (non-hydrogen) atoms. The van der Waals surface area contributed by atoms with Gasteiger partial charge in [-0.05, 0) is 37.1 Å². The van der Waals surface area contributed by atoms with Crippen molar-refractivity contribution in [3.05, 3.63) is 76.3 Å². The Morgan fingerprint density at radius 3 is 2.61 bits per heavy atom. The van der Waals surface area contributed by atoms with Gasteiger partial charge < -0.3 is 14.6 Å². The number of carbonyl (C=O) groups is 1. The molecule has 1 N–H and O–H groups in total. The fourth-order valence-electron chi connectivity index (χ4n) is 2.80. The van der Waals surface area contributed by atoms with Gasteiger partial charge in [0.15, 0.2) is 0 Å². The molecule has 0 aliphatic heterocycles. The summed E-state index contributed by atoms with van der Waals surface area (Å²) >= 11 is 12.5. The van der Waals surface area contributed by atoms with Gasteiger partial charge in [-0.1, -0.05) is 47.5 Å². The minimum absolute atomic E-state index is 0.162. The number of anilines is 2. The van der Waals surface area contributed by atoms with Crippen LogP contribution in [0.2, 0.25) is 10.0 Å². The molecule has 1 heterocycles. The number of nitrogens with one attached hydrogen (secondary N) is 1. The lowest BCUT2D eigenvalue weighted by atomic mass is 10.1. The number of rotatable bonds is 8. The molecule has 0 spiro atoms. The van der Waals surface area contributed by atoms with E-state index in [-0.39, 0.29) is 12.4 Å². The standard InChI is InChI=1S/C21H21Cl2N3O2/c1-15-13-24-14-26(15)10-5-11-28-20(27)12-16-6-2-3-9-19(16)25-21-17(22)7-4-8-18(21)23/h2-4,6-9,13-14,25H,5,10-12H2,1H3. The highest BCUT2D eigenvalue weighted by molar-refractivity contribution is 6.39. The summed E-state index contributed by atoms with van der Waals surface area (Å²) in [5.74, 6) is -0.276. The summed E-state index contributed by atoms with van der Waals surface area (Å²) < 4.78 is 7.41. The van der Waals surface area contributed by atoms with E-state index in [4.69, 9.17) is 27.9 Å². The molecule has 0 aliphatic carbocycles. The van der Waals surface area contributed by atoms with Gasteiger partial charge in [0.05, 0.1) is 35.1 Å². The number of halogens is 2. The predicted octanol–water partition coefficient (Wildman–Crippen LogP) is 5.42. The van der Waals surface area contributed by atoms with Gasteiger partial charge in [0, 0.05) is 24.1 Å². The molecular weight excluding hydrogens is 397 g/mol. The predicted molar refractivity (Wildman–Crippen MR) is 112 cm³/mol. The number of para-hydroxylation sites is 2. The molecule has 3 rings (SSSR count). The van der Waals surface area contributed by atoms with Crippen LogP contribution in [0.15, 0.2) is 55.0 Å². The molecule has 7 heteroatoms. The van der Waals surface area contributed by atoms with Crippen LogP contribution in [0, 0.1) is 6.92 Å². The summed E-state index contributed by atoms with van der Waals surface area (Å²) in [6.45, 7) is 3.12. The molecule has 0 saturated carbocycles. The Hall–Kier alpha value is -2.50. The van der Waals surface area contributed by atoms with E-state index in [2.05, 4.69) is 10.3 Å². The first-order valence-corrected chi connectivity index (χ1v) is 9.71. The number of imidazole rings is 1. The number of esters is 1. The quantitative estimate of drug-likeness (QED) is 0.392. The zero-order chi connectivity index (χ0) is 19.9. The lowest BCUT2D eigenvalue weighted by Crippen LogP contribution is -2.12. The first kappa shape index (κ1) is 20.2. The van der Waals surface area contributed by atoms with Crippen molar-refractivity contribution in [3.63, 3.8) is 0 Å². The Bertz CT molecular complexity index is 936. The number of carbonyl (C=O) groups excluding carboxylic acids is 1. The SMILES string of the molecule is Cc1cncn1CCCOC(=O)Cc1ccccc1Nc1c(Cl)cccc1Cl. The van der Waals surface area contributed by atoms with Gasteiger partial charge in [0.25, 0.3) is 0 Å². The Balaban J connectivity index is 1.57. The molecule has 0 radical (unpaired) electrons. The van der Waals surface area contributed by atoms with E-state index in [9.17, 15) is 4.79 Å². The maximum atomic E-state index is 12.3. The van der Waals surface area contributed by atoms with Crippen molar-refractivity contribution < 1.29 is 9.53 Å². The van der Waals surface area contributed by atoms with Crippen molar-refractivity contribution in [3.8, 4) is 0 Å². The van der Waals surface area contributed by atoms with Gasteiger partial charge in [-0.15, -0.1) is 0 Å². The van der Waals surface area contributed by atoms with Gasteiger partial charge >= 0.3 is 5.97 Å². The summed E-state index contributed by atoms with van der Waals surface area (Å²) in [7, 11) is 0. The zero-order valence-corrected chi connectivity index (χ0v) is 17.0. The molecule has 0 unspecified atom stereocenters. The summed E-state index contributed by atoms with van der Waals surface area (Å²) in [5, 5.41) is 4.25. The molecule has 0 atom stereocenters. The first-order chi connectivity index (χ1) is 13.5. The Morgan fingerprint density at radius 2 is 1.89 bits per heavy atom. The second-order valence-electron chi connectivity index (χ2n) is 6.36. The third-order valence-corrected chi connectivity index (χ3v) is 4.93. The maximum absolute atomic E-state index is 12.3. The number of nitrogens with zero attached hydrogens (tertiary/aromatic N) is 2. The van der Waals surface area contributed by atoms with E-state index < -0.39 is 0 Å². The van der Waals surface area contributed by atoms with Crippen molar-refractivity contribution in [2.45, 2.75) is 26.3 Å². The molecule has 0 fully saturated rings. The fraction of sp³-hybridized carbons (Fsp3) is 0.238. The second-order valence-corrected chi connectivity index (χ2v) is 7.17. The molecule has 0 saturated heterocycles. The molecule has 1 aromatic heterocycles. The number of aryl methyl sites for hydroxylation is 2. The third kappa shape index (κ3) is 5.27. The highest BCUT2D eigenvalue weighted by Crippen LogP contribution is 2.33. The minimum Gasteiger partial charge on any atom is -0.465 e. The third-order valence-electron chi connectivity index (χ3n) is 4.30. The summed E-state index contributed by atoms with van der Waals surface area (Å²) in [5.41, 5.74) is 3.28. The number of ether oxygens (including phenoxy) is 1. The highest BCUT2D eigenvalue weighted by Gasteiger charge is 2.12. The van der Waals surface area contributed by atoms with Gasteiger partial charge in [-0.25, -0.2) is 4.98 Å². The topological polar surface area (TPSA) is 56.2 Å². The van der Waals surface area contributed by atoms with Gasteiger partial charge in [-0.2, -0.15) is 0 Å². The molecule has 146 valence electrons. The van der Waals surface area contributed by atoms with Crippen LogP contribution >= 0.6 is 23.2 Å². The Morgan fingerprint density at radius 1 is 1.14 bits per heavy atom. The minimum atomic E-state index is -0.276. The number of hydrogen-bond acceptors (Lipinski definition) is 4. The van der Waals surface area contributed by atoms with Crippen LogP contribution in [-0.4, -0.2) is 22.1 Å². The molecular formula is C21H21Cl2N3O2. The van der Waals surface area contributed by atoms with Crippen molar-refractivity contribution in [1.29, 1.82) is 0 Å². The summed E-state index contributed by atoms with van der Waals surface area (Å²) in [6.07, 6.45) is 4.48. The van der Waals surface area contributed by atoms with Crippen LogP contribution in [-0.2, 0) is 22.5 Å². The molecule has 5 nitrogen and oxygen atoms in total. The smallest absolute Gasteiger partial charge is 0.310 e. The van der Waals surface area contributed by atoms with Gasteiger partial charge in [0.2, 0.25) is 0 Å². The van der Waals surface area contributed by atoms with Gasteiger partial charge in [-0.3, -0.25) is 4.79 Å². The van der Waals surface area contributed by atoms with Crippen LogP contribution in [0.4, 0.5) is 11.4 Å². The van der Waals surface area contributed by atoms with E-state index in [0.717, 1.165) is 29.9 Å². The number of aromatic nitrogens is 2. The van der Waals surface area contributed by atoms with E-state index >= 15 is 0 Å². The van der Waals surface area contributed by atoms with Gasteiger partial charge in [0.1, 0.15) is 0 Å². The lowest BCUT2D eigenvalue weighted by Gasteiger charge is -2.14. The lowest BCUT2D eigenvalue weighted by molar-refractivity contribution is -0.142. The van der Waals surface area contributed by atoms with Crippen molar-refractivity contribution in [1.82, 2.24) is 9.55 Å². The Kier molecular flexibility index (Phi) is 6.95. The van der Waals surface area contributed by atoms with Crippen LogP contribution in [0.1, 0.15) is 17.7 Å². The molecule has 0 bridgehead atoms. The molecule has 2 aromatic carbocycles. The van der Waals surface area contributed by atoms with E-state index in [1.165, 1.54) is 0 Å². The van der Waals surface area contributed by atoms with E-state index in [0.29, 0.717) is 22.3 Å². The average Bonchev–Trinajstić information content (AvgIpc) is 3.08. The van der Waals surface area contributed by atoms with Crippen molar-refractivity contribution in [2.24, 2.45) is 0 Å². The highest BCUT2D eigenvalue weighted by atomic mass is 35.5. The maximum Gasteiger partial charge on any atom is 0.310 e. The van der Waals surface area contributed by atoms with Crippen LogP contribution in [0.25, 0.3) is 0 Å². The van der Waals surface area contributed by atoms with Crippen molar-refractivity contribution in [2.75, 3.05) is 11.9 Å². The molecule has 0 amide bonds. The van der Waals surface area contributed by atoms with E-state index in [1.54, 1.807) is 30.7 Å². The van der Waals surface area contributed by atoms with Crippen LogP contribution in [0.3, 0.4) is 0 Å². The zero-order valence-electron chi connectivity index (χ0n) is 15.5. The van der Waals surface area contributed by atoms with E-state index in [1.807, 2.05) is 35.8 Å². The largest absolute Gasteiger partial charge is 0.465 e. The van der Waals surface area contributed by atoms with Crippen molar-refractivity contribution >= 4 is 40.5 Å². The fourth-order valence-corrected chi connectivity index (χ4v) is 3.29. The second kappa shape index (κ2) is 9.62. The molecule has 3 aromatic rings. The normalized spacial score (nSPS) is 10.7. The summed E-state index contributed by atoms with van der Waals surface area (Å²) in [4.78, 5) is 16.3. The van der Waals surface area contributed by atoms with Crippen LogP contribution in [0.5, 0.6) is 0 Å². The number of benzene rings is 2. The van der Waals surface area contributed by atoms with Crippen LogP contribution < -0.4 is 5.32 Å². The monoisotopic (exact) mass is 417 g/mol. The molecule has 0 aliphatic rings. The first-order valence-electron chi connectivity index (χ1n) is 8.96. The Labute approximate surface area is 174 Å². The average molecular weight is 418 g/mol. The summed E-state index contributed by atoms with van der Waals surface area (Å²) in [6, 6.07) is 12.8. The number of hydrogen-bond donors (Lipinski definition) is 1.